The summed E-state index contributed by atoms with van der Waals surface area (Å²) in [5.41, 5.74) is 2.50. The lowest BCUT2D eigenvalue weighted by Crippen LogP contribution is -2.29. The first-order chi connectivity index (χ1) is 15.3. The van der Waals surface area contributed by atoms with E-state index < -0.39 is 12.7 Å². The quantitative estimate of drug-likeness (QED) is 0.325. The van der Waals surface area contributed by atoms with Crippen LogP contribution in [0.2, 0.25) is 0 Å². The van der Waals surface area contributed by atoms with Crippen molar-refractivity contribution in [3.8, 4) is 0 Å². The molecule has 2 aromatic heterocycles. The van der Waals surface area contributed by atoms with E-state index in [2.05, 4.69) is 9.97 Å². The Balaban J connectivity index is 1.36. The van der Waals surface area contributed by atoms with Crippen LogP contribution in [0.1, 0.15) is 21.7 Å². The lowest BCUT2D eigenvalue weighted by molar-refractivity contribution is -0.141. The van der Waals surface area contributed by atoms with Crippen LogP contribution in [0.25, 0.3) is 10.2 Å². The van der Waals surface area contributed by atoms with E-state index >= 15 is 0 Å². The molecule has 0 aliphatic heterocycles. The van der Waals surface area contributed by atoms with Gasteiger partial charge < -0.3 is 9.47 Å². The summed E-state index contributed by atoms with van der Waals surface area (Å²) in [4.78, 5) is 22.6. The highest BCUT2D eigenvalue weighted by molar-refractivity contribution is 8.00. The van der Waals surface area contributed by atoms with E-state index in [9.17, 15) is 18.0 Å². The minimum atomic E-state index is -4.35. The lowest BCUT2D eigenvalue weighted by atomic mass is 10.1. The van der Waals surface area contributed by atoms with Gasteiger partial charge in [-0.15, -0.1) is 11.3 Å². The van der Waals surface area contributed by atoms with Gasteiger partial charge in [-0.05, 0) is 29.8 Å². The number of fused-ring (bicyclic) bond motifs is 1. The molecule has 5 nitrogen and oxygen atoms in total. The van der Waals surface area contributed by atoms with Crippen molar-refractivity contribution in [3.63, 3.8) is 0 Å². The first kappa shape index (κ1) is 22.3. The zero-order chi connectivity index (χ0) is 22.7. The summed E-state index contributed by atoms with van der Waals surface area (Å²) >= 11 is 3.29. The van der Waals surface area contributed by atoms with Crippen LogP contribution >= 0.6 is 23.1 Å². The van der Waals surface area contributed by atoms with Gasteiger partial charge in [-0.2, -0.15) is 13.2 Å². The molecule has 166 valence electrons. The first-order valence-corrected chi connectivity index (χ1v) is 11.5. The number of hydrogen-bond acceptors (Lipinski definition) is 5. The largest absolute Gasteiger partial charge is 0.406 e. The Hall–Kier alpha value is -2.85. The van der Waals surface area contributed by atoms with E-state index in [1.165, 1.54) is 17.3 Å². The Labute approximate surface area is 190 Å². The number of aromatic nitrogens is 3. The number of carbonyl (C=O) groups is 1. The topological polar surface area (TPSA) is 51.0 Å². The predicted molar refractivity (Wildman–Crippen MR) is 120 cm³/mol. The summed E-state index contributed by atoms with van der Waals surface area (Å²) in [7, 11) is 1.55. The average Bonchev–Trinajstić information content (AvgIpc) is 3.37. The standard InChI is InChI=1S/C22H19F3N4OS2/c1-28(12-19-26-10-11-29(19)14-22(23,24)25)20(30)16-8-6-15(7-9-16)13-31-21-27-17-4-2-3-5-18(17)32-21/h2-11H,12-14H2,1H3. The highest BCUT2D eigenvalue weighted by Gasteiger charge is 2.29. The van der Waals surface area contributed by atoms with Gasteiger partial charge in [0.1, 0.15) is 12.4 Å². The van der Waals surface area contributed by atoms with Crippen LogP contribution in [0.3, 0.4) is 0 Å². The molecule has 4 rings (SSSR count). The van der Waals surface area contributed by atoms with Gasteiger partial charge in [-0.3, -0.25) is 4.79 Å². The number of para-hydroxylation sites is 1. The molecule has 0 spiro atoms. The van der Waals surface area contributed by atoms with Crippen molar-refractivity contribution in [1.29, 1.82) is 0 Å². The van der Waals surface area contributed by atoms with Crippen molar-refractivity contribution in [2.24, 2.45) is 0 Å². The smallest absolute Gasteiger partial charge is 0.334 e. The summed E-state index contributed by atoms with van der Waals surface area (Å²) in [5, 5.41) is 0. The number of carbonyl (C=O) groups excluding carboxylic acids is 1. The van der Waals surface area contributed by atoms with Gasteiger partial charge in [0.05, 0.1) is 16.8 Å². The van der Waals surface area contributed by atoms with E-state index in [1.54, 1.807) is 42.3 Å². The summed E-state index contributed by atoms with van der Waals surface area (Å²) in [6.45, 7) is -1.15. The normalized spacial score (nSPS) is 11.8. The van der Waals surface area contributed by atoms with Crippen molar-refractivity contribution in [3.05, 3.63) is 77.9 Å². The number of hydrogen-bond donors (Lipinski definition) is 0. The number of amides is 1. The Morgan fingerprint density at radius 1 is 1.16 bits per heavy atom. The fourth-order valence-corrected chi connectivity index (χ4v) is 5.16. The van der Waals surface area contributed by atoms with Crippen molar-refractivity contribution in [1.82, 2.24) is 19.4 Å². The molecule has 0 saturated heterocycles. The molecule has 2 heterocycles. The third-order valence-corrected chi connectivity index (χ3v) is 6.96. The van der Waals surface area contributed by atoms with Crippen LogP contribution in [0.15, 0.2) is 65.3 Å². The SMILES string of the molecule is CN(Cc1nccn1CC(F)(F)F)C(=O)c1ccc(CSc2nc3ccccc3s2)cc1. The number of alkyl halides is 3. The Kier molecular flexibility index (Phi) is 6.52. The number of thiazole rings is 1. The molecule has 0 N–H and O–H groups in total. The monoisotopic (exact) mass is 476 g/mol. The number of benzene rings is 2. The predicted octanol–water partition coefficient (Wildman–Crippen LogP) is 5.62. The number of nitrogens with zero attached hydrogens (tertiary/aromatic N) is 4. The van der Waals surface area contributed by atoms with Crippen LogP contribution in [0.4, 0.5) is 13.2 Å². The van der Waals surface area contributed by atoms with E-state index in [0.717, 1.165) is 30.4 Å². The van der Waals surface area contributed by atoms with Crippen LogP contribution in [-0.2, 0) is 18.8 Å². The van der Waals surface area contributed by atoms with Gasteiger partial charge in [0.15, 0.2) is 4.34 Å². The molecule has 0 fully saturated rings. The molecule has 2 aromatic carbocycles. The van der Waals surface area contributed by atoms with E-state index in [-0.39, 0.29) is 18.3 Å². The number of thioether (sulfide) groups is 1. The van der Waals surface area contributed by atoms with Gasteiger partial charge in [0.25, 0.3) is 5.91 Å². The van der Waals surface area contributed by atoms with Gasteiger partial charge in [0, 0.05) is 30.8 Å². The number of rotatable bonds is 7. The van der Waals surface area contributed by atoms with Crippen LogP contribution in [0.5, 0.6) is 0 Å². The zero-order valence-electron chi connectivity index (χ0n) is 17.0. The third-order valence-electron chi connectivity index (χ3n) is 4.71. The minimum Gasteiger partial charge on any atom is -0.334 e. The molecule has 0 aliphatic carbocycles. The second-order valence-electron chi connectivity index (χ2n) is 7.18. The van der Waals surface area contributed by atoms with E-state index in [0.29, 0.717) is 5.56 Å². The molecule has 0 bridgehead atoms. The van der Waals surface area contributed by atoms with Crippen molar-refractivity contribution < 1.29 is 18.0 Å². The van der Waals surface area contributed by atoms with Crippen LogP contribution in [0, 0.1) is 0 Å². The maximum Gasteiger partial charge on any atom is 0.406 e. The molecule has 10 heteroatoms. The lowest BCUT2D eigenvalue weighted by Gasteiger charge is -2.18. The molecule has 32 heavy (non-hydrogen) atoms. The summed E-state index contributed by atoms with van der Waals surface area (Å²) in [6.07, 6.45) is -1.78. The molecular formula is C22H19F3N4OS2. The number of imidazole rings is 1. The fraction of sp³-hybridized carbons (Fsp3) is 0.227. The average molecular weight is 477 g/mol. The van der Waals surface area contributed by atoms with Crippen molar-refractivity contribution >= 4 is 39.2 Å². The minimum absolute atomic E-state index is 0.0167. The second kappa shape index (κ2) is 9.33. The van der Waals surface area contributed by atoms with Gasteiger partial charge >= 0.3 is 6.18 Å². The van der Waals surface area contributed by atoms with E-state index in [1.807, 2.05) is 36.4 Å². The summed E-state index contributed by atoms with van der Waals surface area (Å²) in [5.74, 6) is 0.623. The Bertz CT molecular complexity index is 1180. The molecular weight excluding hydrogens is 457 g/mol. The van der Waals surface area contributed by atoms with E-state index in [4.69, 9.17) is 0 Å². The van der Waals surface area contributed by atoms with Gasteiger partial charge in [-0.1, -0.05) is 36.0 Å². The Morgan fingerprint density at radius 2 is 1.91 bits per heavy atom. The number of halogens is 3. The molecule has 4 aromatic rings. The van der Waals surface area contributed by atoms with Crippen molar-refractivity contribution in [2.75, 3.05) is 7.05 Å². The molecule has 0 saturated carbocycles. The van der Waals surface area contributed by atoms with Crippen molar-refractivity contribution in [2.45, 2.75) is 29.4 Å². The Morgan fingerprint density at radius 3 is 2.62 bits per heavy atom. The highest BCUT2D eigenvalue weighted by Crippen LogP contribution is 2.31. The molecule has 0 radical (unpaired) electrons. The molecule has 0 aliphatic rings. The molecule has 1 amide bonds. The molecule has 0 unspecified atom stereocenters. The van der Waals surface area contributed by atoms with Crippen LogP contribution < -0.4 is 0 Å². The van der Waals surface area contributed by atoms with Gasteiger partial charge in [-0.25, -0.2) is 9.97 Å². The second-order valence-corrected chi connectivity index (χ2v) is 9.43. The maximum absolute atomic E-state index is 12.7. The first-order valence-electron chi connectivity index (χ1n) is 9.68. The third kappa shape index (κ3) is 5.49. The maximum atomic E-state index is 12.7. The highest BCUT2D eigenvalue weighted by atomic mass is 32.2. The molecule has 0 atom stereocenters. The zero-order valence-corrected chi connectivity index (χ0v) is 18.7. The summed E-state index contributed by atoms with van der Waals surface area (Å²) < 4.78 is 41.2. The van der Waals surface area contributed by atoms with Gasteiger partial charge in [0.2, 0.25) is 0 Å². The van der Waals surface area contributed by atoms with Crippen LogP contribution in [-0.4, -0.2) is 38.6 Å². The fourth-order valence-electron chi connectivity index (χ4n) is 3.13. The summed E-state index contributed by atoms with van der Waals surface area (Å²) in [6, 6.07) is 15.2.